The number of allylic oxidation sites excluding steroid dienone is 1. The fraction of sp³-hybridized carbons (Fsp3) is 0.500. The van der Waals surface area contributed by atoms with Crippen LogP contribution in [0.5, 0.6) is 0 Å². The Labute approximate surface area is 93.2 Å². The summed E-state index contributed by atoms with van der Waals surface area (Å²) < 4.78 is 0. The summed E-state index contributed by atoms with van der Waals surface area (Å²) in [5, 5.41) is 0. The van der Waals surface area contributed by atoms with E-state index in [2.05, 4.69) is 38.4 Å². The molecule has 0 amide bonds. The van der Waals surface area contributed by atoms with Crippen LogP contribution in [0, 0.1) is 5.92 Å². The molecule has 1 rings (SSSR count). The standard InChI is InChI=1S/C14H21N/c1-5-7-12-10-15-9-8-14(12)13(6-2)11(3)4/h5,8-11,13H,1,6-7H2,2-4H3. The van der Waals surface area contributed by atoms with E-state index in [9.17, 15) is 0 Å². The molecule has 1 atom stereocenters. The average molecular weight is 203 g/mol. The van der Waals surface area contributed by atoms with Gasteiger partial charge in [-0.3, -0.25) is 4.98 Å². The van der Waals surface area contributed by atoms with Gasteiger partial charge in [0.1, 0.15) is 0 Å². The lowest BCUT2D eigenvalue weighted by molar-refractivity contribution is 0.482. The monoisotopic (exact) mass is 203 g/mol. The molecule has 0 saturated heterocycles. The maximum absolute atomic E-state index is 4.19. The normalized spacial score (nSPS) is 12.8. The van der Waals surface area contributed by atoms with Gasteiger partial charge in [0, 0.05) is 12.4 Å². The summed E-state index contributed by atoms with van der Waals surface area (Å²) >= 11 is 0. The smallest absolute Gasteiger partial charge is 0.0305 e. The average Bonchev–Trinajstić information content (AvgIpc) is 2.21. The van der Waals surface area contributed by atoms with Crippen LogP contribution in [-0.2, 0) is 6.42 Å². The minimum atomic E-state index is 0.642. The third kappa shape index (κ3) is 2.92. The van der Waals surface area contributed by atoms with Crippen LogP contribution < -0.4 is 0 Å². The van der Waals surface area contributed by atoms with Gasteiger partial charge in [0.2, 0.25) is 0 Å². The first-order chi connectivity index (χ1) is 7.20. The Morgan fingerprint density at radius 1 is 1.47 bits per heavy atom. The first-order valence-electron chi connectivity index (χ1n) is 5.74. The number of pyridine rings is 1. The van der Waals surface area contributed by atoms with Gasteiger partial charge >= 0.3 is 0 Å². The van der Waals surface area contributed by atoms with E-state index in [0.29, 0.717) is 11.8 Å². The highest BCUT2D eigenvalue weighted by Crippen LogP contribution is 2.29. The van der Waals surface area contributed by atoms with E-state index in [4.69, 9.17) is 0 Å². The molecule has 82 valence electrons. The molecule has 1 nitrogen and oxygen atoms in total. The second-order valence-corrected chi connectivity index (χ2v) is 4.33. The van der Waals surface area contributed by atoms with Crippen LogP contribution in [0.3, 0.4) is 0 Å². The molecule has 0 fully saturated rings. The van der Waals surface area contributed by atoms with Gasteiger partial charge in [-0.2, -0.15) is 0 Å². The van der Waals surface area contributed by atoms with E-state index in [-0.39, 0.29) is 0 Å². The fourth-order valence-electron chi connectivity index (χ4n) is 2.18. The molecule has 1 aromatic heterocycles. The topological polar surface area (TPSA) is 12.9 Å². The van der Waals surface area contributed by atoms with E-state index in [1.54, 1.807) is 0 Å². The van der Waals surface area contributed by atoms with Crippen molar-refractivity contribution >= 4 is 0 Å². The highest BCUT2D eigenvalue weighted by atomic mass is 14.6. The second kappa shape index (κ2) is 5.69. The van der Waals surface area contributed by atoms with Gasteiger partial charge in [0.25, 0.3) is 0 Å². The lowest BCUT2D eigenvalue weighted by Crippen LogP contribution is -2.08. The van der Waals surface area contributed by atoms with Gasteiger partial charge in [-0.15, -0.1) is 6.58 Å². The summed E-state index contributed by atoms with van der Waals surface area (Å²) in [5.74, 6) is 1.32. The molecular weight excluding hydrogens is 182 g/mol. The molecule has 0 radical (unpaired) electrons. The predicted octanol–water partition coefficient (Wildman–Crippen LogP) is 3.96. The Morgan fingerprint density at radius 3 is 2.73 bits per heavy atom. The summed E-state index contributed by atoms with van der Waals surface area (Å²) in [5.41, 5.74) is 2.77. The third-order valence-corrected chi connectivity index (χ3v) is 2.95. The quantitative estimate of drug-likeness (QED) is 0.660. The molecule has 1 unspecified atom stereocenters. The molecule has 0 aromatic carbocycles. The van der Waals surface area contributed by atoms with Gasteiger partial charge in [-0.05, 0) is 41.9 Å². The zero-order chi connectivity index (χ0) is 11.3. The van der Waals surface area contributed by atoms with E-state index in [1.807, 2.05) is 18.5 Å². The van der Waals surface area contributed by atoms with E-state index in [1.165, 1.54) is 17.5 Å². The highest BCUT2D eigenvalue weighted by Gasteiger charge is 2.16. The number of nitrogens with zero attached hydrogens (tertiary/aromatic N) is 1. The minimum absolute atomic E-state index is 0.642. The van der Waals surface area contributed by atoms with Gasteiger partial charge in [0.15, 0.2) is 0 Å². The van der Waals surface area contributed by atoms with Crippen molar-refractivity contribution in [2.45, 2.75) is 39.5 Å². The minimum Gasteiger partial charge on any atom is -0.264 e. The summed E-state index contributed by atoms with van der Waals surface area (Å²) in [6, 6.07) is 2.16. The highest BCUT2D eigenvalue weighted by molar-refractivity contribution is 5.29. The van der Waals surface area contributed by atoms with E-state index >= 15 is 0 Å². The van der Waals surface area contributed by atoms with Crippen molar-refractivity contribution < 1.29 is 0 Å². The molecule has 1 heterocycles. The lowest BCUT2D eigenvalue weighted by atomic mass is 9.84. The first kappa shape index (κ1) is 12.0. The third-order valence-electron chi connectivity index (χ3n) is 2.95. The molecule has 0 aliphatic heterocycles. The number of hydrogen-bond acceptors (Lipinski definition) is 1. The van der Waals surface area contributed by atoms with Crippen molar-refractivity contribution in [1.29, 1.82) is 0 Å². The second-order valence-electron chi connectivity index (χ2n) is 4.33. The van der Waals surface area contributed by atoms with Crippen molar-refractivity contribution in [2.24, 2.45) is 5.92 Å². The molecule has 0 aliphatic rings. The summed E-state index contributed by atoms with van der Waals surface area (Å²) in [6.07, 6.45) is 7.93. The van der Waals surface area contributed by atoms with Crippen LogP contribution in [0.15, 0.2) is 31.1 Å². The number of rotatable bonds is 5. The summed E-state index contributed by atoms with van der Waals surface area (Å²) in [7, 11) is 0. The SMILES string of the molecule is C=CCc1cnccc1C(CC)C(C)C. The molecule has 0 spiro atoms. The van der Waals surface area contributed by atoms with Crippen LogP contribution in [0.1, 0.15) is 44.2 Å². The Hall–Kier alpha value is -1.11. The van der Waals surface area contributed by atoms with E-state index in [0.717, 1.165) is 6.42 Å². The Balaban J connectivity index is 3.04. The van der Waals surface area contributed by atoms with Crippen molar-refractivity contribution in [3.63, 3.8) is 0 Å². The van der Waals surface area contributed by atoms with Crippen molar-refractivity contribution in [3.8, 4) is 0 Å². The van der Waals surface area contributed by atoms with Crippen LogP contribution in [-0.4, -0.2) is 4.98 Å². The molecule has 1 heteroatoms. The van der Waals surface area contributed by atoms with Gasteiger partial charge in [-0.1, -0.05) is 26.8 Å². The molecule has 0 bridgehead atoms. The van der Waals surface area contributed by atoms with Crippen LogP contribution in [0.2, 0.25) is 0 Å². The van der Waals surface area contributed by atoms with Gasteiger partial charge in [-0.25, -0.2) is 0 Å². The maximum Gasteiger partial charge on any atom is 0.0305 e. The molecular formula is C14H21N. The van der Waals surface area contributed by atoms with Crippen LogP contribution >= 0.6 is 0 Å². The van der Waals surface area contributed by atoms with E-state index < -0.39 is 0 Å². The summed E-state index contributed by atoms with van der Waals surface area (Å²) in [6.45, 7) is 10.6. The Morgan fingerprint density at radius 2 is 2.20 bits per heavy atom. The predicted molar refractivity (Wildman–Crippen MR) is 66.0 cm³/mol. The zero-order valence-electron chi connectivity index (χ0n) is 10.0. The molecule has 0 N–H and O–H groups in total. The largest absolute Gasteiger partial charge is 0.264 e. The maximum atomic E-state index is 4.19. The van der Waals surface area contributed by atoms with Gasteiger partial charge < -0.3 is 0 Å². The van der Waals surface area contributed by atoms with Crippen LogP contribution in [0.25, 0.3) is 0 Å². The Bertz CT molecular complexity index is 315. The Kier molecular flexibility index (Phi) is 4.54. The molecule has 1 aromatic rings. The lowest BCUT2D eigenvalue weighted by Gasteiger charge is -2.21. The van der Waals surface area contributed by atoms with Crippen LogP contribution in [0.4, 0.5) is 0 Å². The van der Waals surface area contributed by atoms with Gasteiger partial charge in [0.05, 0.1) is 0 Å². The van der Waals surface area contributed by atoms with Crippen molar-refractivity contribution in [1.82, 2.24) is 4.98 Å². The molecule has 0 saturated carbocycles. The number of aromatic nitrogens is 1. The molecule has 15 heavy (non-hydrogen) atoms. The first-order valence-corrected chi connectivity index (χ1v) is 5.74. The number of hydrogen-bond donors (Lipinski definition) is 0. The zero-order valence-corrected chi connectivity index (χ0v) is 10.0. The fourth-order valence-corrected chi connectivity index (χ4v) is 2.18. The molecule has 0 aliphatic carbocycles. The summed E-state index contributed by atoms with van der Waals surface area (Å²) in [4.78, 5) is 4.19. The van der Waals surface area contributed by atoms with Crippen molar-refractivity contribution in [3.05, 3.63) is 42.2 Å². The van der Waals surface area contributed by atoms with Crippen molar-refractivity contribution in [2.75, 3.05) is 0 Å².